The van der Waals surface area contributed by atoms with Gasteiger partial charge in [0.25, 0.3) is 0 Å². The molecule has 3 aromatic heterocycles. The van der Waals surface area contributed by atoms with Gasteiger partial charge in [0.2, 0.25) is 0 Å². The van der Waals surface area contributed by atoms with E-state index in [0.717, 1.165) is 0 Å². The number of hydrogen-bond acceptors (Lipinski definition) is 6. The number of aromatic amines is 2. The third-order valence-electron chi connectivity index (χ3n) is 4.01. The number of pyridine rings is 1. The molecule has 9 heteroatoms. The molecule has 0 spiro atoms. The number of rotatable bonds is 5. The number of imidazole rings is 1. The number of aromatic nitrogens is 4. The number of nitrogens with zero attached hydrogens (tertiary/aromatic N) is 2. The van der Waals surface area contributed by atoms with Gasteiger partial charge in [-0.3, -0.25) is 4.79 Å². The predicted octanol–water partition coefficient (Wildman–Crippen LogP) is 3.71. The topological polar surface area (TPSA) is 101 Å². The van der Waals surface area contributed by atoms with Gasteiger partial charge in [-0.25, -0.2) is 14.8 Å². The van der Waals surface area contributed by atoms with Crippen molar-refractivity contribution in [3.05, 3.63) is 39.8 Å². The van der Waals surface area contributed by atoms with E-state index >= 15 is 0 Å². The number of fused-ring (bicyclic) bond motifs is 1. The number of hydrogen-bond donors (Lipinski definition) is 2. The van der Waals surface area contributed by atoms with Crippen molar-refractivity contribution in [1.82, 2.24) is 19.9 Å². The zero-order valence-electron chi connectivity index (χ0n) is 14.6. The molecule has 0 saturated carbocycles. The number of nitrogens with one attached hydrogen (secondary N) is 2. The number of carbonyl (C=O) groups excluding carboxylic acids is 2. The van der Waals surface area contributed by atoms with Crippen LogP contribution in [-0.2, 0) is 4.74 Å². The molecule has 0 aromatic carbocycles. The minimum Gasteiger partial charge on any atom is -0.465 e. The van der Waals surface area contributed by atoms with Crippen LogP contribution < -0.4 is 0 Å². The maximum absolute atomic E-state index is 12.8. The average molecular weight is 393 g/mol. The van der Waals surface area contributed by atoms with E-state index in [1.165, 1.54) is 25.1 Å². The SMILES string of the molecule is COC(=O)c1c(C)[nH]c(C(=O)[C@H](C)Sc2nc3ncc(Cl)cc3[nH]2)c1C. The highest BCUT2D eigenvalue weighted by Crippen LogP contribution is 2.28. The fourth-order valence-electron chi connectivity index (χ4n) is 2.74. The maximum Gasteiger partial charge on any atom is 0.339 e. The number of ketones is 1. The summed E-state index contributed by atoms with van der Waals surface area (Å²) in [5.74, 6) is -0.590. The van der Waals surface area contributed by atoms with E-state index in [9.17, 15) is 9.59 Å². The molecule has 2 N–H and O–H groups in total. The molecule has 0 aliphatic rings. The highest BCUT2D eigenvalue weighted by atomic mass is 35.5. The molecular weight excluding hydrogens is 376 g/mol. The van der Waals surface area contributed by atoms with E-state index in [1.807, 2.05) is 0 Å². The van der Waals surface area contributed by atoms with E-state index in [4.69, 9.17) is 16.3 Å². The van der Waals surface area contributed by atoms with Crippen LogP contribution in [0.1, 0.15) is 39.0 Å². The first kappa shape index (κ1) is 18.5. The smallest absolute Gasteiger partial charge is 0.339 e. The Bertz CT molecular complexity index is 1010. The van der Waals surface area contributed by atoms with Gasteiger partial charge >= 0.3 is 5.97 Å². The van der Waals surface area contributed by atoms with Gasteiger partial charge in [-0.2, -0.15) is 0 Å². The first-order chi connectivity index (χ1) is 12.3. The molecule has 136 valence electrons. The standard InChI is InChI=1S/C17H17ClN4O3S/c1-7-12(16(24)25-4)8(2)20-13(7)14(23)9(3)26-17-21-11-5-10(18)6-19-15(11)22-17/h5-6,9,20H,1-4H3,(H,19,21,22)/t9-/m0/s1. The van der Waals surface area contributed by atoms with Crippen LogP contribution in [0.25, 0.3) is 11.2 Å². The first-order valence-electron chi connectivity index (χ1n) is 7.81. The Kier molecular flexibility index (Phi) is 5.06. The van der Waals surface area contributed by atoms with Crippen molar-refractivity contribution in [2.75, 3.05) is 7.11 Å². The summed E-state index contributed by atoms with van der Waals surface area (Å²) in [7, 11) is 1.32. The number of halogens is 1. The van der Waals surface area contributed by atoms with Crippen molar-refractivity contribution in [2.24, 2.45) is 0 Å². The lowest BCUT2D eigenvalue weighted by molar-refractivity contribution is 0.0599. The molecule has 0 aliphatic heterocycles. The van der Waals surface area contributed by atoms with Crippen molar-refractivity contribution >= 4 is 46.3 Å². The summed E-state index contributed by atoms with van der Waals surface area (Å²) in [4.78, 5) is 39.3. The second-order valence-corrected chi connectivity index (χ2v) is 7.57. The lowest BCUT2D eigenvalue weighted by atomic mass is 10.1. The number of ether oxygens (including phenoxy) is 1. The molecule has 0 amide bonds. The Morgan fingerprint density at radius 2 is 2.04 bits per heavy atom. The zero-order valence-corrected chi connectivity index (χ0v) is 16.2. The Labute approximate surface area is 158 Å². The third kappa shape index (κ3) is 3.34. The molecule has 3 heterocycles. The number of carbonyl (C=O) groups is 2. The van der Waals surface area contributed by atoms with E-state index in [2.05, 4.69) is 19.9 Å². The van der Waals surface area contributed by atoms with Gasteiger partial charge in [0.05, 0.1) is 34.2 Å². The van der Waals surface area contributed by atoms with E-state index in [1.54, 1.807) is 26.8 Å². The second kappa shape index (κ2) is 7.13. The molecule has 3 rings (SSSR count). The Balaban J connectivity index is 1.84. The lowest BCUT2D eigenvalue weighted by Crippen LogP contribution is -2.15. The molecule has 3 aromatic rings. The molecule has 0 bridgehead atoms. The zero-order chi connectivity index (χ0) is 19.0. The van der Waals surface area contributed by atoms with Gasteiger partial charge in [0.1, 0.15) is 0 Å². The predicted molar refractivity (Wildman–Crippen MR) is 100 cm³/mol. The van der Waals surface area contributed by atoms with Crippen LogP contribution in [0.2, 0.25) is 5.02 Å². The summed E-state index contributed by atoms with van der Waals surface area (Å²) in [5, 5.41) is 0.660. The number of esters is 1. The molecule has 0 radical (unpaired) electrons. The molecule has 0 unspecified atom stereocenters. The summed E-state index contributed by atoms with van der Waals surface area (Å²) < 4.78 is 4.78. The van der Waals surface area contributed by atoms with Gasteiger partial charge in [0.15, 0.2) is 16.6 Å². The van der Waals surface area contributed by atoms with Crippen molar-refractivity contribution in [2.45, 2.75) is 31.2 Å². The first-order valence-corrected chi connectivity index (χ1v) is 9.07. The van der Waals surface area contributed by atoms with Crippen LogP contribution in [0.5, 0.6) is 0 Å². The van der Waals surface area contributed by atoms with E-state index in [-0.39, 0.29) is 5.78 Å². The lowest BCUT2D eigenvalue weighted by Gasteiger charge is -2.08. The molecule has 7 nitrogen and oxygen atoms in total. The van der Waals surface area contributed by atoms with Crippen LogP contribution in [0.15, 0.2) is 17.4 Å². The summed E-state index contributed by atoms with van der Waals surface area (Å²) in [6, 6.07) is 1.73. The highest BCUT2D eigenvalue weighted by molar-refractivity contribution is 8.00. The Morgan fingerprint density at radius 1 is 1.31 bits per heavy atom. The number of Topliss-reactive ketones (excluding diaryl/α,β-unsaturated/α-hetero) is 1. The maximum atomic E-state index is 12.8. The molecule has 1 atom stereocenters. The molecular formula is C17H17ClN4O3S. The van der Waals surface area contributed by atoms with Crippen LogP contribution in [0, 0.1) is 13.8 Å². The summed E-state index contributed by atoms with van der Waals surface area (Å²) in [6.07, 6.45) is 1.52. The molecule has 26 heavy (non-hydrogen) atoms. The van der Waals surface area contributed by atoms with Crippen LogP contribution >= 0.6 is 23.4 Å². The van der Waals surface area contributed by atoms with Crippen molar-refractivity contribution in [3.8, 4) is 0 Å². The van der Waals surface area contributed by atoms with Gasteiger partial charge in [-0.1, -0.05) is 23.4 Å². The Hall–Kier alpha value is -2.32. The van der Waals surface area contributed by atoms with E-state index < -0.39 is 11.2 Å². The average Bonchev–Trinajstić information content (AvgIpc) is 3.12. The minimum absolute atomic E-state index is 0.128. The summed E-state index contributed by atoms with van der Waals surface area (Å²) >= 11 is 7.20. The van der Waals surface area contributed by atoms with Crippen LogP contribution in [0.3, 0.4) is 0 Å². The highest BCUT2D eigenvalue weighted by Gasteiger charge is 2.26. The largest absolute Gasteiger partial charge is 0.465 e. The van der Waals surface area contributed by atoms with Crippen LogP contribution in [0.4, 0.5) is 0 Å². The van der Waals surface area contributed by atoms with Crippen LogP contribution in [-0.4, -0.2) is 44.0 Å². The van der Waals surface area contributed by atoms with Gasteiger partial charge in [-0.05, 0) is 32.4 Å². The molecule has 0 fully saturated rings. The molecule has 0 saturated heterocycles. The Morgan fingerprint density at radius 3 is 2.73 bits per heavy atom. The monoisotopic (exact) mass is 392 g/mol. The quantitative estimate of drug-likeness (QED) is 0.390. The number of methoxy groups -OCH3 is 1. The third-order valence-corrected chi connectivity index (χ3v) is 5.20. The number of H-pyrrole nitrogens is 2. The van der Waals surface area contributed by atoms with Gasteiger partial charge < -0.3 is 14.7 Å². The summed E-state index contributed by atoms with van der Waals surface area (Å²) in [6.45, 7) is 5.25. The van der Waals surface area contributed by atoms with Crippen molar-refractivity contribution in [1.29, 1.82) is 0 Å². The van der Waals surface area contributed by atoms with E-state index in [0.29, 0.717) is 43.9 Å². The van der Waals surface area contributed by atoms with Crippen molar-refractivity contribution < 1.29 is 14.3 Å². The van der Waals surface area contributed by atoms with Crippen molar-refractivity contribution in [3.63, 3.8) is 0 Å². The minimum atomic E-state index is -0.462. The molecule has 0 aliphatic carbocycles. The fraction of sp³-hybridized carbons (Fsp3) is 0.294. The normalized spacial score (nSPS) is 12.3. The summed E-state index contributed by atoms with van der Waals surface area (Å²) in [5.41, 5.74) is 3.24. The van der Waals surface area contributed by atoms with Gasteiger partial charge in [-0.15, -0.1) is 0 Å². The number of thioether (sulfide) groups is 1. The fourth-order valence-corrected chi connectivity index (χ4v) is 3.76. The van der Waals surface area contributed by atoms with Gasteiger partial charge in [0, 0.05) is 11.9 Å². The number of aryl methyl sites for hydroxylation is 1. The second-order valence-electron chi connectivity index (χ2n) is 5.81.